The van der Waals surface area contributed by atoms with Crippen LogP contribution in [-0.4, -0.2) is 67.5 Å². The molecule has 2 atom stereocenters. The number of guanidine groups is 1. The van der Waals surface area contributed by atoms with Crippen molar-refractivity contribution < 1.29 is 19.1 Å². The molecule has 33 heavy (non-hydrogen) atoms. The van der Waals surface area contributed by atoms with Gasteiger partial charge >= 0.3 is 5.97 Å². The zero-order valence-electron chi connectivity index (χ0n) is 19.1. The molecule has 2 unspecified atom stereocenters. The fourth-order valence-electron chi connectivity index (χ4n) is 4.32. The molecule has 2 aromatic rings. The molecule has 2 aliphatic heterocycles. The number of esters is 1. The number of methoxy groups -OCH3 is 1. The number of aliphatic imine (C=N–C) groups is 1. The van der Waals surface area contributed by atoms with Crippen molar-refractivity contribution >= 4 is 17.8 Å². The number of ether oxygens (including phenoxy) is 2. The van der Waals surface area contributed by atoms with E-state index in [1.807, 2.05) is 30.3 Å². The number of hydrogen-bond acceptors (Lipinski definition) is 7. The van der Waals surface area contributed by atoms with E-state index in [2.05, 4.69) is 39.4 Å². The Bertz CT molecular complexity index is 1000. The van der Waals surface area contributed by atoms with Gasteiger partial charge in [-0.1, -0.05) is 48.5 Å². The lowest BCUT2D eigenvalue weighted by atomic mass is 9.90. The van der Waals surface area contributed by atoms with Crippen molar-refractivity contribution in [2.75, 3.05) is 39.9 Å². The van der Waals surface area contributed by atoms with Crippen molar-refractivity contribution in [2.45, 2.75) is 19.5 Å². The number of nitrogens with one attached hydrogen (secondary N) is 1. The SMILES string of the molecule is CCOC(=O)C1C(=O)NC(N2CCN(Cc3ccccc3)CC2)=NC1c1ccccc1OC. The van der Waals surface area contributed by atoms with E-state index in [1.165, 1.54) is 5.56 Å². The van der Waals surface area contributed by atoms with Crippen LogP contribution in [0.15, 0.2) is 59.6 Å². The molecule has 0 bridgehead atoms. The summed E-state index contributed by atoms with van der Waals surface area (Å²) in [4.78, 5) is 35.1. The van der Waals surface area contributed by atoms with E-state index >= 15 is 0 Å². The van der Waals surface area contributed by atoms with Gasteiger partial charge in [-0.3, -0.25) is 19.8 Å². The van der Waals surface area contributed by atoms with E-state index in [1.54, 1.807) is 14.0 Å². The number of rotatable bonds is 6. The molecule has 0 radical (unpaired) electrons. The minimum atomic E-state index is -1.07. The topological polar surface area (TPSA) is 83.5 Å². The lowest BCUT2D eigenvalue weighted by Gasteiger charge is -2.39. The summed E-state index contributed by atoms with van der Waals surface area (Å²) < 4.78 is 10.7. The summed E-state index contributed by atoms with van der Waals surface area (Å²) in [6, 6.07) is 17.0. The molecule has 2 aliphatic rings. The van der Waals surface area contributed by atoms with E-state index < -0.39 is 23.8 Å². The Balaban J connectivity index is 1.54. The lowest BCUT2D eigenvalue weighted by molar-refractivity contribution is -0.153. The summed E-state index contributed by atoms with van der Waals surface area (Å²) in [6.45, 7) is 5.97. The van der Waals surface area contributed by atoms with Crippen molar-refractivity contribution in [1.29, 1.82) is 0 Å². The van der Waals surface area contributed by atoms with E-state index in [9.17, 15) is 9.59 Å². The highest BCUT2D eigenvalue weighted by molar-refractivity contribution is 6.08. The third-order valence-corrected chi connectivity index (χ3v) is 6.01. The van der Waals surface area contributed by atoms with E-state index in [-0.39, 0.29) is 6.61 Å². The second kappa shape index (κ2) is 10.5. The number of nitrogens with zero attached hydrogens (tertiary/aromatic N) is 3. The van der Waals surface area contributed by atoms with Gasteiger partial charge in [0.15, 0.2) is 5.92 Å². The molecule has 1 amide bonds. The van der Waals surface area contributed by atoms with Crippen LogP contribution in [0.25, 0.3) is 0 Å². The molecular weight excluding hydrogens is 420 g/mol. The number of carbonyl (C=O) groups excluding carboxylic acids is 2. The van der Waals surface area contributed by atoms with Crippen molar-refractivity contribution in [3.05, 3.63) is 65.7 Å². The van der Waals surface area contributed by atoms with Gasteiger partial charge in [-0.2, -0.15) is 0 Å². The Labute approximate surface area is 194 Å². The Morgan fingerprint density at radius 1 is 1.06 bits per heavy atom. The molecule has 0 saturated carbocycles. The van der Waals surface area contributed by atoms with Crippen LogP contribution in [0, 0.1) is 5.92 Å². The van der Waals surface area contributed by atoms with Crippen LogP contribution in [-0.2, 0) is 20.9 Å². The average Bonchev–Trinajstić information content (AvgIpc) is 2.84. The molecular formula is C25H30N4O4. The molecule has 0 aliphatic carbocycles. The van der Waals surface area contributed by atoms with Crippen LogP contribution in [0.4, 0.5) is 0 Å². The molecule has 8 nitrogen and oxygen atoms in total. The highest BCUT2D eigenvalue weighted by Crippen LogP contribution is 2.36. The molecule has 0 aromatic heterocycles. The Kier molecular flexibility index (Phi) is 7.24. The van der Waals surface area contributed by atoms with Crippen LogP contribution < -0.4 is 10.1 Å². The fraction of sp³-hybridized carbons (Fsp3) is 0.400. The zero-order valence-corrected chi connectivity index (χ0v) is 19.1. The molecule has 1 N–H and O–H groups in total. The summed E-state index contributed by atoms with van der Waals surface area (Å²) >= 11 is 0. The maximum atomic E-state index is 13.1. The molecule has 8 heteroatoms. The number of benzene rings is 2. The number of piperazine rings is 1. The van der Waals surface area contributed by atoms with Gasteiger partial charge in [0.25, 0.3) is 0 Å². The van der Waals surface area contributed by atoms with Crippen LogP contribution >= 0.6 is 0 Å². The average molecular weight is 451 g/mol. The lowest BCUT2D eigenvalue weighted by Crippen LogP contribution is -2.57. The first kappa shape index (κ1) is 22.8. The number of carbonyl (C=O) groups is 2. The van der Waals surface area contributed by atoms with E-state index in [0.29, 0.717) is 17.3 Å². The van der Waals surface area contributed by atoms with Crippen molar-refractivity contribution in [3.8, 4) is 5.75 Å². The van der Waals surface area contributed by atoms with Crippen LogP contribution in [0.1, 0.15) is 24.1 Å². The quantitative estimate of drug-likeness (QED) is 0.537. The van der Waals surface area contributed by atoms with Crippen LogP contribution in [0.5, 0.6) is 5.75 Å². The number of para-hydroxylation sites is 1. The third-order valence-electron chi connectivity index (χ3n) is 6.01. The minimum Gasteiger partial charge on any atom is -0.496 e. The highest BCUT2D eigenvalue weighted by Gasteiger charge is 2.43. The molecule has 4 rings (SSSR count). The van der Waals surface area contributed by atoms with Gasteiger partial charge in [0.2, 0.25) is 11.9 Å². The summed E-state index contributed by atoms with van der Waals surface area (Å²) in [7, 11) is 1.57. The highest BCUT2D eigenvalue weighted by atomic mass is 16.5. The van der Waals surface area contributed by atoms with Crippen LogP contribution in [0.3, 0.4) is 0 Å². The van der Waals surface area contributed by atoms with Crippen LogP contribution in [0.2, 0.25) is 0 Å². The maximum absolute atomic E-state index is 13.1. The Hall–Kier alpha value is -3.39. The van der Waals surface area contributed by atoms with E-state index in [4.69, 9.17) is 14.5 Å². The largest absolute Gasteiger partial charge is 0.496 e. The van der Waals surface area contributed by atoms with Gasteiger partial charge in [-0.05, 0) is 18.6 Å². The monoisotopic (exact) mass is 450 g/mol. The first-order valence-electron chi connectivity index (χ1n) is 11.3. The van der Waals surface area contributed by atoms with Gasteiger partial charge in [-0.25, -0.2) is 4.99 Å². The summed E-state index contributed by atoms with van der Waals surface area (Å²) in [5.41, 5.74) is 1.97. The summed E-state index contributed by atoms with van der Waals surface area (Å²) in [5.74, 6) is -0.968. The predicted octanol–water partition coefficient (Wildman–Crippen LogP) is 2.22. The normalized spacial score (nSPS) is 21.2. The molecule has 1 saturated heterocycles. The summed E-state index contributed by atoms with van der Waals surface area (Å²) in [5, 5.41) is 2.85. The molecule has 0 spiro atoms. The number of hydrogen-bond donors (Lipinski definition) is 1. The van der Waals surface area contributed by atoms with Gasteiger partial charge in [0, 0.05) is 38.3 Å². The standard InChI is InChI=1S/C25H30N4O4/c1-3-33-24(31)21-22(19-11-7-8-12-20(19)32-2)26-25(27-23(21)30)29-15-13-28(14-16-29)17-18-9-5-4-6-10-18/h4-12,21-22H,3,13-17H2,1-2H3,(H,26,27,30). The molecule has 2 heterocycles. The number of amides is 1. The molecule has 1 fully saturated rings. The van der Waals surface area contributed by atoms with Gasteiger partial charge in [0.1, 0.15) is 11.8 Å². The third kappa shape index (κ3) is 5.17. The summed E-state index contributed by atoms with van der Waals surface area (Å²) in [6.07, 6.45) is 0. The maximum Gasteiger partial charge on any atom is 0.321 e. The Morgan fingerprint density at radius 2 is 1.76 bits per heavy atom. The first-order valence-corrected chi connectivity index (χ1v) is 11.3. The van der Waals surface area contributed by atoms with Gasteiger partial charge in [0.05, 0.1) is 13.7 Å². The second-order valence-electron chi connectivity index (χ2n) is 8.11. The molecule has 2 aromatic carbocycles. The van der Waals surface area contributed by atoms with Crippen molar-refractivity contribution in [1.82, 2.24) is 15.1 Å². The first-order chi connectivity index (χ1) is 16.1. The van der Waals surface area contributed by atoms with Gasteiger partial charge in [-0.15, -0.1) is 0 Å². The van der Waals surface area contributed by atoms with Gasteiger partial charge < -0.3 is 14.4 Å². The second-order valence-corrected chi connectivity index (χ2v) is 8.11. The van der Waals surface area contributed by atoms with Crippen molar-refractivity contribution in [2.24, 2.45) is 10.9 Å². The van der Waals surface area contributed by atoms with E-state index in [0.717, 1.165) is 32.7 Å². The fourth-order valence-corrected chi connectivity index (χ4v) is 4.32. The zero-order chi connectivity index (χ0) is 23.2. The molecule has 174 valence electrons. The smallest absolute Gasteiger partial charge is 0.321 e. The Morgan fingerprint density at radius 3 is 2.45 bits per heavy atom. The van der Waals surface area contributed by atoms with Crippen molar-refractivity contribution in [3.63, 3.8) is 0 Å². The predicted molar refractivity (Wildman–Crippen MR) is 125 cm³/mol. The minimum absolute atomic E-state index is 0.196.